The quantitative estimate of drug-likeness (QED) is 0.713. The number of likely N-dealkylation sites (tertiary alicyclic amines) is 1. The molecule has 27 heavy (non-hydrogen) atoms. The number of halogens is 1. The maximum atomic E-state index is 6.14. The van der Waals surface area contributed by atoms with Gasteiger partial charge >= 0.3 is 0 Å². The van der Waals surface area contributed by atoms with Crippen LogP contribution in [0.3, 0.4) is 0 Å². The minimum atomic E-state index is 0.679. The van der Waals surface area contributed by atoms with Crippen LogP contribution in [-0.2, 0) is 6.54 Å². The van der Waals surface area contributed by atoms with E-state index in [1.807, 2.05) is 37.3 Å². The molecule has 0 aliphatic carbocycles. The first kappa shape index (κ1) is 20.2. The van der Waals surface area contributed by atoms with E-state index in [0.717, 1.165) is 40.2 Å². The van der Waals surface area contributed by atoms with Gasteiger partial charge in [0.05, 0.1) is 39.0 Å². The zero-order valence-electron chi connectivity index (χ0n) is 16.0. The van der Waals surface area contributed by atoms with Gasteiger partial charge < -0.3 is 19.5 Å². The number of hydrogen-bond donors (Lipinski definition) is 2. The predicted molar refractivity (Wildman–Crippen MR) is 116 cm³/mol. The summed E-state index contributed by atoms with van der Waals surface area (Å²) in [4.78, 5) is 3.89. The molecule has 0 bridgehead atoms. The SMILES string of the molecule is Cc1cc(NC(=S)N(CC[NH+]2CCCCCC2)Cc2ccco2)ccc1Cl. The Bertz CT molecular complexity index is 727. The molecular formula is C21H29ClN3OS+. The summed E-state index contributed by atoms with van der Waals surface area (Å²) in [5, 5.41) is 4.86. The molecule has 2 heterocycles. The van der Waals surface area contributed by atoms with Gasteiger partial charge in [-0.05, 0) is 80.7 Å². The van der Waals surface area contributed by atoms with Gasteiger partial charge in [-0.25, -0.2) is 0 Å². The van der Waals surface area contributed by atoms with Crippen molar-refractivity contribution >= 4 is 34.6 Å². The van der Waals surface area contributed by atoms with Crippen LogP contribution in [0.4, 0.5) is 5.69 Å². The second kappa shape index (κ2) is 10.1. The fourth-order valence-electron chi connectivity index (χ4n) is 3.54. The number of nitrogens with zero attached hydrogens (tertiary/aromatic N) is 1. The summed E-state index contributed by atoms with van der Waals surface area (Å²) in [6, 6.07) is 9.82. The molecule has 146 valence electrons. The molecular weight excluding hydrogens is 378 g/mol. The van der Waals surface area contributed by atoms with Crippen molar-refractivity contribution in [2.75, 3.05) is 31.5 Å². The summed E-state index contributed by atoms with van der Waals surface area (Å²) in [7, 11) is 0. The first-order valence-electron chi connectivity index (χ1n) is 9.80. The summed E-state index contributed by atoms with van der Waals surface area (Å²) in [6.45, 7) is 7.23. The summed E-state index contributed by atoms with van der Waals surface area (Å²) in [6.07, 6.45) is 7.12. The van der Waals surface area contributed by atoms with Crippen LogP contribution in [0.25, 0.3) is 0 Å². The van der Waals surface area contributed by atoms with Gasteiger partial charge in [-0.2, -0.15) is 0 Å². The van der Waals surface area contributed by atoms with Crippen molar-refractivity contribution in [3.05, 3.63) is 52.9 Å². The first-order valence-corrected chi connectivity index (χ1v) is 10.6. The van der Waals surface area contributed by atoms with Crippen LogP contribution in [-0.4, -0.2) is 36.2 Å². The number of nitrogens with one attached hydrogen (secondary N) is 2. The first-order chi connectivity index (χ1) is 13.1. The van der Waals surface area contributed by atoms with Crippen molar-refractivity contribution in [2.24, 2.45) is 0 Å². The highest BCUT2D eigenvalue weighted by Gasteiger charge is 2.17. The van der Waals surface area contributed by atoms with Crippen LogP contribution in [0.2, 0.25) is 5.02 Å². The Balaban J connectivity index is 1.64. The molecule has 6 heteroatoms. The molecule has 0 radical (unpaired) electrons. The number of benzene rings is 1. The van der Waals surface area contributed by atoms with E-state index >= 15 is 0 Å². The molecule has 0 amide bonds. The Morgan fingerprint density at radius 2 is 2.00 bits per heavy atom. The zero-order valence-corrected chi connectivity index (χ0v) is 17.5. The third kappa shape index (κ3) is 6.23. The van der Waals surface area contributed by atoms with Gasteiger partial charge in [0, 0.05) is 10.7 Å². The zero-order chi connectivity index (χ0) is 19.1. The van der Waals surface area contributed by atoms with E-state index in [4.69, 9.17) is 28.2 Å². The van der Waals surface area contributed by atoms with Crippen LogP contribution in [0, 0.1) is 6.92 Å². The van der Waals surface area contributed by atoms with Gasteiger partial charge in [-0.15, -0.1) is 0 Å². The number of furan rings is 1. The predicted octanol–water partition coefficient (Wildman–Crippen LogP) is 3.90. The van der Waals surface area contributed by atoms with E-state index in [1.165, 1.54) is 38.8 Å². The number of rotatable bonds is 6. The van der Waals surface area contributed by atoms with Gasteiger partial charge in [-0.3, -0.25) is 0 Å². The second-order valence-corrected chi connectivity index (χ2v) is 8.10. The summed E-state index contributed by atoms with van der Waals surface area (Å²) >= 11 is 11.9. The van der Waals surface area contributed by atoms with Crippen molar-refractivity contribution in [1.82, 2.24) is 4.90 Å². The lowest BCUT2D eigenvalue weighted by atomic mass is 10.2. The topological polar surface area (TPSA) is 32.9 Å². The van der Waals surface area contributed by atoms with E-state index in [1.54, 1.807) is 11.2 Å². The summed E-state index contributed by atoms with van der Waals surface area (Å²) in [5.74, 6) is 0.928. The van der Waals surface area contributed by atoms with Gasteiger partial charge in [0.2, 0.25) is 0 Å². The molecule has 2 aromatic rings. The monoisotopic (exact) mass is 406 g/mol. The third-order valence-corrected chi connectivity index (χ3v) is 5.95. The van der Waals surface area contributed by atoms with Crippen LogP contribution < -0.4 is 10.2 Å². The van der Waals surface area contributed by atoms with Gasteiger partial charge in [0.1, 0.15) is 5.76 Å². The third-order valence-electron chi connectivity index (χ3n) is 5.17. The largest absolute Gasteiger partial charge is 0.467 e. The molecule has 0 atom stereocenters. The highest BCUT2D eigenvalue weighted by Crippen LogP contribution is 2.20. The highest BCUT2D eigenvalue weighted by atomic mass is 35.5. The Morgan fingerprint density at radius 1 is 1.22 bits per heavy atom. The number of thiocarbonyl (C=S) groups is 1. The number of aryl methyl sites for hydroxylation is 1. The second-order valence-electron chi connectivity index (χ2n) is 7.31. The number of quaternary nitrogens is 1. The smallest absolute Gasteiger partial charge is 0.174 e. The van der Waals surface area contributed by atoms with E-state index in [0.29, 0.717) is 6.54 Å². The Labute approximate surface area is 172 Å². The van der Waals surface area contributed by atoms with Crippen LogP contribution in [0.5, 0.6) is 0 Å². The summed E-state index contributed by atoms with van der Waals surface area (Å²) in [5.41, 5.74) is 2.00. The summed E-state index contributed by atoms with van der Waals surface area (Å²) < 4.78 is 5.56. The van der Waals surface area contributed by atoms with Crippen LogP contribution in [0.1, 0.15) is 37.0 Å². The fourth-order valence-corrected chi connectivity index (χ4v) is 3.93. The molecule has 1 aliphatic heterocycles. The molecule has 1 aromatic heterocycles. The molecule has 0 spiro atoms. The molecule has 0 unspecified atom stereocenters. The van der Waals surface area contributed by atoms with Crippen LogP contribution >= 0.6 is 23.8 Å². The van der Waals surface area contributed by atoms with Crippen molar-refractivity contribution < 1.29 is 9.32 Å². The minimum Gasteiger partial charge on any atom is -0.467 e. The van der Waals surface area contributed by atoms with E-state index < -0.39 is 0 Å². The average molecular weight is 407 g/mol. The van der Waals surface area contributed by atoms with Crippen molar-refractivity contribution in [3.63, 3.8) is 0 Å². The Hall–Kier alpha value is -1.56. The lowest BCUT2D eigenvalue weighted by molar-refractivity contribution is -0.898. The van der Waals surface area contributed by atoms with Crippen molar-refractivity contribution in [3.8, 4) is 0 Å². The Kier molecular flexibility index (Phi) is 7.56. The van der Waals surface area contributed by atoms with Gasteiger partial charge in [-0.1, -0.05) is 11.6 Å². The number of hydrogen-bond acceptors (Lipinski definition) is 2. The molecule has 1 aliphatic rings. The lowest BCUT2D eigenvalue weighted by Crippen LogP contribution is -3.12. The molecule has 1 saturated heterocycles. The van der Waals surface area contributed by atoms with Crippen LogP contribution in [0.15, 0.2) is 41.0 Å². The molecule has 1 aromatic carbocycles. The molecule has 3 rings (SSSR count). The Morgan fingerprint density at radius 3 is 2.67 bits per heavy atom. The molecule has 4 nitrogen and oxygen atoms in total. The molecule has 2 N–H and O–H groups in total. The van der Waals surface area contributed by atoms with Gasteiger partial charge in [0.25, 0.3) is 0 Å². The number of anilines is 1. The maximum absolute atomic E-state index is 6.14. The minimum absolute atomic E-state index is 0.679. The normalized spacial score (nSPS) is 15.3. The fraction of sp³-hybridized carbons (Fsp3) is 0.476. The van der Waals surface area contributed by atoms with E-state index in [-0.39, 0.29) is 0 Å². The van der Waals surface area contributed by atoms with Crippen molar-refractivity contribution in [1.29, 1.82) is 0 Å². The van der Waals surface area contributed by atoms with Gasteiger partial charge in [0.15, 0.2) is 5.11 Å². The van der Waals surface area contributed by atoms with E-state index in [2.05, 4.69) is 10.2 Å². The van der Waals surface area contributed by atoms with Crippen molar-refractivity contribution in [2.45, 2.75) is 39.2 Å². The lowest BCUT2D eigenvalue weighted by Gasteiger charge is -2.27. The molecule has 0 saturated carbocycles. The molecule has 1 fully saturated rings. The average Bonchev–Trinajstić information content (AvgIpc) is 3.03. The maximum Gasteiger partial charge on any atom is 0.174 e. The highest BCUT2D eigenvalue weighted by molar-refractivity contribution is 7.80. The standard InChI is InChI=1S/C21H28ClN3OS/c1-17-15-18(8-9-20(17)22)23-21(27)25(16-19-7-6-14-26-19)13-12-24-10-4-2-3-5-11-24/h6-9,14-15H,2-5,10-13,16H2,1H3,(H,23,27)/p+1. The van der Waals surface area contributed by atoms with E-state index in [9.17, 15) is 0 Å².